The Morgan fingerprint density at radius 1 is 1.20 bits per heavy atom. The minimum absolute atomic E-state index is 0.0243. The van der Waals surface area contributed by atoms with E-state index < -0.39 is 0 Å². The molecule has 2 aromatic heterocycles. The van der Waals surface area contributed by atoms with Gasteiger partial charge in [0.2, 0.25) is 5.91 Å². The van der Waals surface area contributed by atoms with Crippen molar-refractivity contribution in [2.45, 2.75) is 51.5 Å². The van der Waals surface area contributed by atoms with Crippen molar-refractivity contribution in [1.82, 2.24) is 19.8 Å². The van der Waals surface area contributed by atoms with E-state index in [9.17, 15) is 9.59 Å². The molecule has 3 aromatic rings. The van der Waals surface area contributed by atoms with Gasteiger partial charge >= 0.3 is 0 Å². The Kier molecular flexibility index (Phi) is 4.89. The molecule has 30 heavy (non-hydrogen) atoms. The molecule has 1 fully saturated rings. The van der Waals surface area contributed by atoms with Gasteiger partial charge in [0.1, 0.15) is 12.3 Å². The second-order valence-corrected chi connectivity index (χ2v) is 8.67. The van der Waals surface area contributed by atoms with E-state index in [1.165, 1.54) is 16.7 Å². The Labute approximate surface area is 174 Å². The zero-order valence-electron chi connectivity index (χ0n) is 17.2. The van der Waals surface area contributed by atoms with Crippen LogP contribution in [0.2, 0.25) is 0 Å². The van der Waals surface area contributed by atoms with Crippen molar-refractivity contribution in [3.05, 3.63) is 57.8 Å². The molecule has 7 heteroatoms. The molecule has 0 spiro atoms. The third-order valence-electron chi connectivity index (χ3n) is 6.59. The summed E-state index contributed by atoms with van der Waals surface area (Å²) in [6, 6.07) is 7.31. The fourth-order valence-electron chi connectivity index (χ4n) is 4.79. The summed E-state index contributed by atoms with van der Waals surface area (Å²) in [4.78, 5) is 27.3. The van der Waals surface area contributed by atoms with E-state index in [0.717, 1.165) is 42.5 Å². The van der Waals surface area contributed by atoms with Gasteiger partial charge < -0.3 is 9.42 Å². The van der Waals surface area contributed by atoms with Crippen molar-refractivity contribution in [3.63, 3.8) is 0 Å². The molecule has 1 saturated heterocycles. The van der Waals surface area contributed by atoms with Crippen molar-refractivity contribution in [3.8, 4) is 0 Å². The molecule has 1 aromatic carbocycles. The van der Waals surface area contributed by atoms with Crippen LogP contribution in [0.5, 0.6) is 0 Å². The van der Waals surface area contributed by atoms with Gasteiger partial charge in [-0.25, -0.2) is 4.68 Å². The van der Waals surface area contributed by atoms with Crippen molar-refractivity contribution in [2.75, 3.05) is 13.1 Å². The first-order chi connectivity index (χ1) is 14.6. The highest BCUT2D eigenvalue weighted by Gasteiger charge is 2.31. The standard InChI is InChI=1S/C23H26N4O3/c1-15-6-7-20-19(12-15)22(30-25-20)16-8-10-26(11-9-16)21(28)14-27-23(29)18-5-3-2-4-17(18)13-24-27/h2-5,13,15-16H,6-12,14H2,1H3. The Morgan fingerprint density at radius 3 is 2.83 bits per heavy atom. The lowest BCUT2D eigenvalue weighted by molar-refractivity contribution is -0.133. The van der Waals surface area contributed by atoms with Crippen LogP contribution >= 0.6 is 0 Å². The third kappa shape index (κ3) is 3.42. The van der Waals surface area contributed by atoms with Gasteiger partial charge in [0.25, 0.3) is 5.56 Å². The van der Waals surface area contributed by atoms with Crippen molar-refractivity contribution in [2.24, 2.45) is 5.92 Å². The van der Waals surface area contributed by atoms with E-state index in [4.69, 9.17) is 4.52 Å². The summed E-state index contributed by atoms with van der Waals surface area (Å²) >= 11 is 0. The number of aromatic nitrogens is 3. The third-order valence-corrected chi connectivity index (χ3v) is 6.59. The Balaban J connectivity index is 1.25. The minimum Gasteiger partial charge on any atom is -0.361 e. The van der Waals surface area contributed by atoms with Crippen LogP contribution in [-0.2, 0) is 24.2 Å². The lowest BCUT2D eigenvalue weighted by Gasteiger charge is -2.31. The van der Waals surface area contributed by atoms with Gasteiger partial charge in [-0.2, -0.15) is 5.10 Å². The maximum absolute atomic E-state index is 12.8. The van der Waals surface area contributed by atoms with Crippen molar-refractivity contribution in [1.29, 1.82) is 0 Å². The maximum Gasteiger partial charge on any atom is 0.275 e. The second kappa shape index (κ2) is 7.70. The largest absolute Gasteiger partial charge is 0.361 e. The number of carbonyl (C=O) groups is 1. The van der Waals surface area contributed by atoms with E-state index in [0.29, 0.717) is 30.3 Å². The quantitative estimate of drug-likeness (QED) is 0.668. The van der Waals surface area contributed by atoms with E-state index in [1.807, 2.05) is 23.1 Å². The summed E-state index contributed by atoms with van der Waals surface area (Å²) in [7, 11) is 0. The molecule has 0 saturated carbocycles. The predicted molar refractivity (Wildman–Crippen MR) is 112 cm³/mol. The number of amides is 1. The molecule has 7 nitrogen and oxygen atoms in total. The van der Waals surface area contributed by atoms with E-state index >= 15 is 0 Å². The highest BCUT2D eigenvalue weighted by molar-refractivity contribution is 5.81. The summed E-state index contributed by atoms with van der Waals surface area (Å²) < 4.78 is 7.01. The fourth-order valence-corrected chi connectivity index (χ4v) is 4.79. The first kappa shape index (κ1) is 19.0. The van der Waals surface area contributed by atoms with Crippen LogP contribution in [0.4, 0.5) is 0 Å². The van der Waals surface area contributed by atoms with Crippen LogP contribution in [0.3, 0.4) is 0 Å². The second-order valence-electron chi connectivity index (χ2n) is 8.67. The average Bonchev–Trinajstić information content (AvgIpc) is 3.19. The molecule has 1 aliphatic carbocycles. The average molecular weight is 406 g/mol. The highest BCUT2D eigenvalue weighted by Crippen LogP contribution is 2.36. The summed E-state index contributed by atoms with van der Waals surface area (Å²) in [6.07, 6.45) is 6.59. The smallest absolute Gasteiger partial charge is 0.275 e. The molecular formula is C23H26N4O3. The molecule has 1 atom stereocenters. The summed E-state index contributed by atoms with van der Waals surface area (Å²) in [5, 5.41) is 9.87. The van der Waals surface area contributed by atoms with Crippen molar-refractivity contribution >= 4 is 16.7 Å². The summed E-state index contributed by atoms with van der Waals surface area (Å²) in [6.45, 7) is 3.58. The van der Waals surface area contributed by atoms with Gasteiger partial charge in [0, 0.05) is 30.0 Å². The lowest BCUT2D eigenvalue weighted by Crippen LogP contribution is -2.41. The fraction of sp³-hybridized carbons (Fsp3) is 0.478. The van der Waals surface area contributed by atoms with Crippen LogP contribution in [0.1, 0.15) is 49.1 Å². The number of rotatable bonds is 3. The number of piperidine rings is 1. The Hall–Kier alpha value is -2.96. The number of hydrogen-bond acceptors (Lipinski definition) is 5. The number of hydrogen-bond donors (Lipinski definition) is 0. The van der Waals surface area contributed by atoms with Crippen LogP contribution in [0.25, 0.3) is 10.8 Å². The first-order valence-electron chi connectivity index (χ1n) is 10.8. The number of aryl methyl sites for hydroxylation is 1. The summed E-state index contributed by atoms with van der Waals surface area (Å²) in [5.41, 5.74) is 2.22. The molecule has 1 amide bonds. The molecule has 3 heterocycles. The van der Waals surface area contributed by atoms with Gasteiger partial charge in [0.15, 0.2) is 0 Å². The molecule has 1 unspecified atom stereocenters. The van der Waals surface area contributed by atoms with Crippen LogP contribution in [0, 0.1) is 5.92 Å². The zero-order chi connectivity index (χ0) is 20.7. The number of nitrogens with zero attached hydrogens (tertiary/aromatic N) is 4. The van der Waals surface area contributed by atoms with E-state index in [1.54, 1.807) is 12.3 Å². The SMILES string of the molecule is CC1CCc2noc(C3CCN(C(=O)Cn4ncc5ccccc5c4=O)CC3)c2C1. The molecular weight excluding hydrogens is 380 g/mol. The number of carbonyl (C=O) groups excluding carboxylic acids is 1. The maximum atomic E-state index is 12.8. The Bertz CT molecular complexity index is 1140. The minimum atomic E-state index is -0.223. The Morgan fingerprint density at radius 2 is 2.00 bits per heavy atom. The molecule has 2 aliphatic rings. The normalized spacial score (nSPS) is 19.8. The molecule has 5 rings (SSSR count). The predicted octanol–water partition coefficient (Wildman–Crippen LogP) is 2.92. The summed E-state index contributed by atoms with van der Waals surface area (Å²) in [5.74, 6) is 1.96. The number of likely N-dealkylation sites (tertiary alicyclic amines) is 1. The number of benzene rings is 1. The van der Waals surface area contributed by atoms with E-state index in [-0.39, 0.29) is 18.0 Å². The molecule has 0 bridgehead atoms. The van der Waals surface area contributed by atoms with Crippen LogP contribution in [0.15, 0.2) is 39.8 Å². The molecule has 0 N–H and O–H groups in total. The van der Waals surface area contributed by atoms with Gasteiger partial charge in [-0.3, -0.25) is 9.59 Å². The van der Waals surface area contributed by atoms with Gasteiger partial charge in [0.05, 0.1) is 17.3 Å². The molecule has 1 aliphatic heterocycles. The topological polar surface area (TPSA) is 81.2 Å². The molecule has 156 valence electrons. The van der Waals surface area contributed by atoms with Crippen molar-refractivity contribution < 1.29 is 9.32 Å². The lowest BCUT2D eigenvalue weighted by atomic mass is 9.83. The van der Waals surface area contributed by atoms with Gasteiger partial charge in [-0.05, 0) is 44.1 Å². The zero-order valence-corrected chi connectivity index (χ0v) is 17.2. The number of fused-ring (bicyclic) bond motifs is 2. The van der Waals surface area contributed by atoms with Crippen LogP contribution < -0.4 is 5.56 Å². The molecule has 0 radical (unpaired) electrons. The van der Waals surface area contributed by atoms with E-state index in [2.05, 4.69) is 17.2 Å². The van der Waals surface area contributed by atoms with Crippen LogP contribution in [-0.4, -0.2) is 38.8 Å². The first-order valence-corrected chi connectivity index (χ1v) is 10.8. The van der Waals surface area contributed by atoms with Gasteiger partial charge in [-0.15, -0.1) is 0 Å². The monoisotopic (exact) mass is 406 g/mol. The highest BCUT2D eigenvalue weighted by atomic mass is 16.5. The van der Waals surface area contributed by atoms with Gasteiger partial charge in [-0.1, -0.05) is 30.3 Å².